The lowest BCUT2D eigenvalue weighted by molar-refractivity contribution is -0.137. The highest BCUT2D eigenvalue weighted by molar-refractivity contribution is 6.13. The maximum Gasteiger partial charge on any atom is 0.260 e. The van der Waals surface area contributed by atoms with Gasteiger partial charge in [-0.3, -0.25) is 48.4 Å². The van der Waals surface area contributed by atoms with Gasteiger partial charge in [0.1, 0.15) is 17.8 Å². The number of ether oxygens (including phenoxy) is 5. The summed E-state index contributed by atoms with van der Waals surface area (Å²) in [4.78, 5) is 105. The van der Waals surface area contributed by atoms with Crippen molar-refractivity contribution in [3.05, 3.63) is 125 Å². The van der Waals surface area contributed by atoms with E-state index in [4.69, 9.17) is 33.7 Å². The van der Waals surface area contributed by atoms with Crippen molar-refractivity contribution in [2.45, 2.75) is 109 Å². The Labute approximate surface area is 482 Å². The van der Waals surface area contributed by atoms with E-state index in [9.17, 15) is 33.6 Å². The number of carbonyl (C=O) groups excluding carboxylic acids is 7. The van der Waals surface area contributed by atoms with E-state index in [1.165, 1.54) is 24.2 Å². The lowest BCUT2D eigenvalue weighted by Gasteiger charge is -2.24. The fourth-order valence-corrected chi connectivity index (χ4v) is 10.4. The van der Waals surface area contributed by atoms with Crippen LogP contribution in [0.3, 0.4) is 0 Å². The Morgan fingerprint density at radius 2 is 1.12 bits per heavy atom. The molecule has 0 bridgehead atoms. The third-order valence-electron chi connectivity index (χ3n) is 15.2. The topological polar surface area (TPSA) is 236 Å². The molecule has 0 saturated carbocycles. The predicted octanol–water partition coefficient (Wildman–Crippen LogP) is 8.03. The number of nitrogens with zero attached hydrogens (tertiary/aromatic N) is 5. The predicted molar refractivity (Wildman–Crippen MR) is 312 cm³/mol. The quantitative estimate of drug-likeness (QED) is 0.0400. The number of hydrogen-bond acceptors (Lipinski definition) is 14. The Balaban J connectivity index is 0.702. The van der Waals surface area contributed by atoms with Crippen molar-refractivity contribution >= 4 is 76.3 Å². The minimum atomic E-state index is -0.876. The molecule has 5 heterocycles. The van der Waals surface area contributed by atoms with Gasteiger partial charge in [0.15, 0.2) is 23.0 Å². The molecule has 4 atom stereocenters. The molecule has 4 aromatic carbocycles. The minimum absolute atomic E-state index is 0.159. The molecule has 7 amide bonds. The highest BCUT2D eigenvalue weighted by Gasteiger charge is 2.36. The number of nitrogens with one attached hydrogen (secondary N) is 3. The van der Waals surface area contributed by atoms with Crippen LogP contribution in [0.5, 0.6) is 28.7 Å². The molecule has 0 fully saturated rings. The van der Waals surface area contributed by atoms with Gasteiger partial charge in [-0.25, -0.2) is 0 Å². The molecule has 83 heavy (non-hydrogen) atoms. The lowest BCUT2D eigenvalue weighted by Crippen LogP contribution is -2.54. The van der Waals surface area contributed by atoms with Crippen LogP contribution in [0, 0.1) is 5.92 Å². The first-order chi connectivity index (χ1) is 40.1. The van der Waals surface area contributed by atoms with Crippen LogP contribution in [-0.4, -0.2) is 134 Å². The van der Waals surface area contributed by atoms with E-state index < -0.39 is 23.9 Å². The summed E-state index contributed by atoms with van der Waals surface area (Å²) in [5.41, 5.74) is 6.58. The van der Waals surface area contributed by atoms with Crippen LogP contribution in [0.2, 0.25) is 0 Å². The molecule has 0 radical (unpaired) electrons. The minimum Gasteiger partial charge on any atom is -0.497 e. The number of aliphatic imine (C=N–C) groups is 2. The number of hydrogen-bond donors (Lipinski definition) is 3. The zero-order chi connectivity index (χ0) is 58.7. The van der Waals surface area contributed by atoms with E-state index in [0.29, 0.717) is 90.8 Å². The second-order valence-corrected chi connectivity index (χ2v) is 21.3. The standard InChI is InChI=1S/C63H70N8O12/c1-38(2)59(68-56(72)13-9-7-10-24-69-57(73)22-23-58(69)74)61(76)67-39(3)60(75)66-33-40-14-16-41(17-15-40)43-27-45-34-64-50-31-54(52(80-5)29-48(50)62(77)70(45)36-43)82-25-11-8-12-26-83-55-32-51-49(30-53(55)81-6)63(78)71-37-44(28-46(71)35-65-51)42-18-20-47(79-4)21-19-42/h14-23,29-32,34-39,45-46,59H,7-13,24-28,33H2,1-6H3,(H,66,75)(H,67,76)(H,68,72)/t39-,45-,46-,59-/m0/s1. The molecule has 0 unspecified atom stereocenters. The van der Waals surface area contributed by atoms with Crippen molar-refractivity contribution in [3.8, 4) is 28.7 Å². The molecule has 20 nitrogen and oxygen atoms in total. The number of unbranched alkanes of at least 4 members (excludes halogenated alkanes) is 4. The molecule has 434 valence electrons. The molecule has 5 aliphatic heterocycles. The van der Waals surface area contributed by atoms with E-state index in [-0.39, 0.29) is 67.0 Å². The van der Waals surface area contributed by atoms with Crippen molar-refractivity contribution in [1.29, 1.82) is 0 Å². The monoisotopic (exact) mass is 1130 g/mol. The van der Waals surface area contributed by atoms with Crippen molar-refractivity contribution < 1.29 is 57.2 Å². The van der Waals surface area contributed by atoms with Crippen molar-refractivity contribution in [2.75, 3.05) is 41.1 Å². The molecule has 0 spiro atoms. The Morgan fingerprint density at radius 3 is 1.63 bits per heavy atom. The summed E-state index contributed by atoms with van der Waals surface area (Å²) in [5, 5.41) is 8.39. The van der Waals surface area contributed by atoms with Gasteiger partial charge in [0.25, 0.3) is 23.6 Å². The third kappa shape index (κ3) is 13.8. The molecular formula is C63H70N8O12. The Bertz CT molecular complexity index is 3280. The molecule has 0 saturated heterocycles. The smallest absolute Gasteiger partial charge is 0.260 e. The summed E-state index contributed by atoms with van der Waals surface area (Å²) in [6.45, 7) is 6.49. The van der Waals surface area contributed by atoms with Crippen LogP contribution in [0.25, 0.3) is 11.1 Å². The first-order valence-corrected chi connectivity index (χ1v) is 28.1. The fourth-order valence-electron chi connectivity index (χ4n) is 10.4. The number of rotatable bonds is 26. The number of imide groups is 1. The molecule has 0 aliphatic carbocycles. The Kier molecular flexibility index (Phi) is 18.8. The summed E-state index contributed by atoms with van der Waals surface area (Å²) in [6.07, 6.45) is 15.1. The summed E-state index contributed by atoms with van der Waals surface area (Å²) in [6, 6.07) is 20.1. The second-order valence-electron chi connectivity index (χ2n) is 21.3. The van der Waals surface area contributed by atoms with Crippen molar-refractivity contribution in [2.24, 2.45) is 15.9 Å². The van der Waals surface area contributed by atoms with Crippen molar-refractivity contribution in [3.63, 3.8) is 0 Å². The molecule has 9 rings (SSSR count). The van der Waals surface area contributed by atoms with Crippen LogP contribution in [-0.2, 0) is 30.5 Å². The van der Waals surface area contributed by atoms with Crippen molar-refractivity contribution in [1.82, 2.24) is 30.7 Å². The maximum atomic E-state index is 14.1. The fraction of sp³-hybridized carbons (Fsp3) is 0.381. The van der Waals surface area contributed by atoms with Gasteiger partial charge in [0.05, 0.1) is 69.1 Å². The van der Waals surface area contributed by atoms with Gasteiger partial charge in [0, 0.05) is 81.5 Å². The molecular weight excluding hydrogens is 1060 g/mol. The zero-order valence-electron chi connectivity index (χ0n) is 47.6. The van der Waals surface area contributed by atoms with Gasteiger partial charge in [0.2, 0.25) is 17.7 Å². The van der Waals surface area contributed by atoms with Gasteiger partial charge < -0.3 is 49.4 Å². The average molecular weight is 1130 g/mol. The highest BCUT2D eigenvalue weighted by atomic mass is 16.5. The number of methoxy groups -OCH3 is 3. The summed E-state index contributed by atoms with van der Waals surface area (Å²) in [7, 11) is 4.71. The van der Waals surface area contributed by atoms with Crippen LogP contribution in [0.1, 0.15) is 116 Å². The summed E-state index contributed by atoms with van der Waals surface area (Å²) in [5.74, 6) is 0.161. The summed E-state index contributed by atoms with van der Waals surface area (Å²) < 4.78 is 29.1. The number of benzene rings is 4. The van der Waals surface area contributed by atoms with Gasteiger partial charge in [-0.05, 0) is 97.0 Å². The van der Waals surface area contributed by atoms with Crippen LogP contribution >= 0.6 is 0 Å². The van der Waals surface area contributed by atoms with E-state index in [2.05, 4.69) is 16.0 Å². The van der Waals surface area contributed by atoms with E-state index in [1.807, 2.05) is 81.0 Å². The summed E-state index contributed by atoms with van der Waals surface area (Å²) >= 11 is 0. The Morgan fingerprint density at radius 1 is 0.602 bits per heavy atom. The molecule has 4 aromatic rings. The largest absolute Gasteiger partial charge is 0.497 e. The lowest BCUT2D eigenvalue weighted by atomic mass is 10.0. The molecule has 5 aliphatic rings. The molecule has 20 heteroatoms. The van der Waals surface area contributed by atoms with Crippen LogP contribution < -0.4 is 39.6 Å². The van der Waals surface area contributed by atoms with Gasteiger partial charge in [-0.15, -0.1) is 0 Å². The van der Waals surface area contributed by atoms with Gasteiger partial charge in [-0.2, -0.15) is 0 Å². The van der Waals surface area contributed by atoms with Gasteiger partial charge >= 0.3 is 0 Å². The number of amides is 7. The van der Waals surface area contributed by atoms with E-state index >= 15 is 0 Å². The zero-order valence-corrected chi connectivity index (χ0v) is 47.6. The first-order valence-electron chi connectivity index (χ1n) is 28.1. The second kappa shape index (κ2) is 26.7. The number of fused-ring (bicyclic) bond motifs is 4. The normalized spacial score (nSPS) is 17.4. The van der Waals surface area contributed by atoms with Crippen LogP contribution in [0.15, 0.2) is 107 Å². The average Bonchev–Trinajstić information content (AvgIpc) is 2.94. The third-order valence-corrected chi connectivity index (χ3v) is 15.2. The highest BCUT2D eigenvalue weighted by Crippen LogP contribution is 2.42. The Hall–Kier alpha value is -9.07. The first kappa shape index (κ1) is 58.6. The van der Waals surface area contributed by atoms with Crippen LogP contribution in [0.4, 0.5) is 11.4 Å². The van der Waals surface area contributed by atoms with E-state index in [1.54, 1.807) is 61.4 Å². The molecule has 0 aromatic heterocycles. The maximum absolute atomic E-state index is 14.1. The van der Waals surface area contributed by atoms with E-state index in [0.717, 1.165) is 52.8 Å². The number of carbonyl (C=O) groups is 7. The SMILES string of the molecule is COc1ccc(C2=CN3C(=O)c4cc(OC)c(OCCCCCOc5cc6c(cc5OC)C(=O)N5C=C(c7ccc(CNC(=O)[C@H](C)NC(=O)[C@@H](NC(=O)CCCCCN8C(=O)C=CC8=O)C(C)C)cc7)C[C@H]5C=N6)cc4N=C[C@@H]3C2)cc1. The van der Waals surface area contributed by atoms with Gasteiger partial charge in [-0.1, -0.05) is 56.7 Å². The molecule has 3 N–H and O–H groups in total.